The van der Waals surface area contributed by atoms with Crippen LogP contribution < -0.4 is 5.32 Å². The number of nitrogens with one attached hydrogen (secondary N) is 1. The zero-order chi connectivity index (χ0) is 13.0. The Morgan fingerprint density at radius 2 is 1.95 bits per heavy atom. The van der Waals surface area contributed by atoms with E-state index in [1.165, 1.54) is 12.8 Å². The molecule has 0 radical (unpaired) electrons. The molecule has 0 spiro atoms. The highest BCUT2D eigenvalue weighted by Gasteiger charge is 2.48. The van der Waals surface area contributed by atoms with E-state index >= 15 is 0 Å². The second kappa shape index (κ2) is 4.12. The van der Waals surface area contributed by atoms with E-state index in [1.807, 2.05) is 9.80 Å². The molecule has 1 N–H and O–H groups in total. The molecule has 0 aromatic carbocycles. The molecule has 2 saturated carbocycles. The molecule has 3 amide bonds. The smallest absolute Gasteiger partial charge is 0.317 e. The molecule has 0 bridgehead atoms. The van der Waals surface area contributed by atoms with E-state index in [9.17, 15) is 9.59 Å². The van der Waals surface area contributed by atoms with Gasteiger partial charge in [-0.15, -0.1) is 0 Å². The van der Waals surface area contributed by atoms with Gasteiger partial charge >= 0.3 is 6.03 Å². The number of carbonyl (C=O) groups excluding carboxylic acids is 2. The van der Waals surface area contributed by atoms with Gasteiger partial charge in [0, 0.05) is 38.1 Å². The van der Waals surface area contributed by atoms with E-state index in [2.05, 4.69) is 5.32 Å². The largest absolute Gasteiger partial charge is 0.342 e. The summed E-state index contributed by atoms with van der Waals surface area (Å²) in [6.45, 7) is 3.21. The number of urea groups is 1. The lowest BCUT2D eigenvalue weighted by atomic mass is 10.0. The van der Waals surface area contributed by atoms with Crippen LogP contribution in [0, 0.1) is 17.8 Å². The van der Waals surface area contributed by atoms with Crippen molar-refractivity contribution in [2.24, 2.45) is 17.8 Å². The van der Waals surface area contributed by atoms with Gasteiger partial charge in [0.05, 0.1) is 5.92 Å². The van der Waals surface area contributed by atoms with E-state index < -0.39 is 0 Å². The molecule has 4 fully saturated rings. The van der Waals surface area contributed by atoms with Crippen molar-refractivity contribution < 1.29 is 9.59 Å². The summed E-state index contributed by atoms with van der Waals surface area (Å²) < 4.78 is 0. The van der Waals surface area contributed by atoms with E-state index in [1.54, 1.807) is 0 Å². The number of carbonyl (C=O) groups is 2. The van der Waals surface area contributed by atoms with Gasteiger partial charge in [-0.05, 0) is 31.6 Å². The SMILES string of the molecule is O=C(NC1CC1)N1C[C@@H]2CN(CC3CC3)C(=O)[C@@H]2C1. The Morgan fingerprint density at radius 3 is 2.58 bits per heavy atom. The van der Waals surface area contributed by atoms with Gasteiger partial charge in [-0.3, -0.25) is 4.79 Å². The number of fused-ring (bicyclic) bond motifs is 1. The maximum Gasteiger partial charge on any atom is 0.317 e. The van der Waals surface area contributed by atoms with Crippen LogP contribution in [-0.2, 0) is 4.79 Å². The van der Waals surface area contributed by atoms with Gasteiger partial charge < -0.3 is 15.1 Å². The van der Waals surface area contributed by atoms with Crippen LogP contribution in [0.5, 0.6) is 0 Å². The Balaban J connectivity index is 1.35. The quantitative estimate of drug-likeness (QED) is 0.813. The van der Waals surface area contributed by atoms with Crippen molar-refractivity contribution in [3.63, 3.8) is 0 Å². The molecule has 2 atom stereocenters. The summed E-state index contributed by atoms with van der Waals surface area (Å²) >= 11 is 0. The summed E-state index contributed by atoms with van der Waals surface area (Å²) in [6, 6.07) is 0.438. The van der Waals surface area contributed by atoms with Gasteiger partial charge in [-0.1, -0.05) is 0 Å². The Kier molecular flexibility index (Phi) is 2.50. The normalized spacial score (nSPS) is 33.8. The zero-order valence-electron chi connectivity index (χ0n) is 11.2. The van der Waals surface area contributed by atoms with E-state index in [4.69, 9.17) is 0 Å². The van der Waals surface area contributed by atoms with Crippen molar-refractivity contribution in [1.29, 1.82) is 0 Å². The van der Waals surface area contributed by atoms with E-state index in [0.29, 0.717) is 24.4 Å². The van der Waals surface area contributed by atoms with Crippen molar-refractivity contribution in [3.05, 3.63) is 0 Å². The molecule has 4 rings (SSSR count). The van der Waals surface area contributed by atoms with Gasteiger partial charge in [0.25, 0.3) is 0 Å². The van der Waals surface area contributed by atoms with Crippen molar-refractivity contribution in [1.82, 2.24) is 15.1 Å². The molecule has 104 valence electrons. The first-order valence-electron chi connectivity index (χ1n) is 7.55. The summed E-state index contributed by atoms with van der Waals surface area (Å²) in [5.41, 5.74) is 0. The Labute approximate surface area is 113 Å². The van der Waals surface area contributed by atoms with Crippen LogP contribution in [0.1, 0.15) is 25.7 Å². The van der Waals surface area contributed by atoms with Crippen LogP contribution >= 0.6 is 0 Å². The molecule has 2 aliphatic heterocycles. The van der Waals surface area contributed by atoms with E-state index in [0.717, 1.165) is 38.4 Å². The predicted molar refractivity (Wildman–Crippen MR) is 69.4 cm³/mol. The predicted octanol–water partition coefficient (Wildman–Crippen LogP) is 0.659. The molecule has 0 unspecified atom stereocenters. The molecular weight excluding hydrogens is 242 g/mol. The third-order valence-corrected chi connectivity index (χ3v) is 4.89. The Morgan fingerprint density at radius 1 is 1.16 bits per heavy atom. The fraction of sp³-hybridized carbons (Fsp3) is 0.857. The molecule has 2 saturated heterocycles. The minimum atomic E-state index is 0.0402. The van der Waals surface area contributed by atoms with Crippen LogP contribution in [0.4, 0.5) is 4.79 Å². The molecule has 2 aliphatic carbocycles. The summed E-state index contributed by atoms with van der Waals surface area (Å²) in [7, 11) is 0. The fourth-order valence-electron chi connectivity index (χ4n) is 3.38. The van der Waals surface area contributed by atoms with Crippen LogP contribution in [0.15, 0.2) is 0 Å². The minimum absolute atomic E-state index is 0.0402. The number of nitrogens with zero attached hydrogens (tertiary/aromatic N) is 2. The monoisotopic (exact) mass is 263 g/mol. The number of hydrogen-bond acceptors (Lipinski definition) is 2. The average Bonchev–Trinajstić information content (AvgIpc) is 3.27. The lowest BCUT2D eigenvalue weighted by Gasteiger charge is -2.22. The third-order valence-electron chi connectivity index (χ3n) is 4.89. The molecule has 0 aromatic rings. The van der Waals surface area contributed by atoms with Gasteiger partial charge in [0.2, 0.25) is 5.91 Å². The molecule has 0 aromatic heterocycles. The fourth-order valence-corrected chi connectivity index (χ4v) is 3.38. The Hall–Kier alpha value is -1.26. The van der Waals surface area contributed by atoms with Crippen LogP contribution in [0.25, 0.3) is 0 Å². The Bertz CT molecular complexity index is 417. The molecule has 4 aliphatic rings. The number of hydrogen-bond donors (Lipinski definition) is 1. The average molecular weight is 263 g/mol. The van der Waals surface area contributed by atoms with Gasteiger partial charge in [0.15, 0.2) is 0 Å². The second-order valence-corrected chi connectivity index (χ2v) is 6.68. The van der Waals surface area contributed by atoms with Crippen LogP contribution in [0.3, 0.4) is 0 Å². The van der Waals surface area contributed by atoms with Gasteiger partial charge in [0.1, 0.15) is 0 Å². The second-order valence-electron chi connectivity index (χ2n) is 6.68. The van der Waals surface area contributed by atoms with Crippen molar-refractivity contribution in [2.75, 3.05) is 26.2 Å². The molecule has 2 heterocycles. The standard InChI is InChI=1S/C14H21N3O2/c18-13-12-8-17(14(19)15-11-3-4-11)7-10(12)6-16(13)5-9-1-2-9/h9-12H,1-8H2,(H,15,19)/t10-,12+/m0/s1. The van der Waals surface area contributed by atoms with Crippen molar-refractivity contribution in [3.8, 4) is 0 Å². The highest BCUT2D eigenvalue weighted by molar-refractivity contribution is 5.84. The summed E-state index contributed by atoms with van der Waals surface area (Å²) in [5, 5.41) is 3.02. The number of rotatable bonds is 3. The summed E-state index contributed by atoms with van der Waals surface area (Å²) in [5.74, 6) is 1.50. The van der Waals surface area contributed by atoms with Crippen LogP contribution in [-0.4, -0.2) is 54.0 Å². The van der Waals surface area contributed by atoms with Crippen molar-refractivity contribution >= 4 is 11.9 Å². The molecule has 5 nitrogen and oxygen atoms in total. The summed E-state index contributed by atoms with van der Waals surface area (Å²) in [6.07, 6.45) is 4.80. The first-order valence-corrected chi connectivity index (χ1v) is 7.55. The molecule has 5 heteroatoms. The lowest BCUT2D eigenvalue weighted by Crippen LogP contribution is -2.42. The third kappa shape index (κ3) is 2.19. The highest BCUT2D eigenvalue weighted by Crippen LogP contribution is 2.36. The highest BCUT2D eigenvalue weighted by atomic mass is 16.2. The first-order chi connectivity index (χ1) is 9.20. The first kappa shape index (κ1) is 11.6. The zero-order valence-corrected chi connectivity index (χ0v) is 11.2. The molecular formula is C14H21N3O2. The number of likely N-dealkylation sites (tertiary alicyclic amines) is 2. The number of amides is 3. The van der Waals surface area contributed by atoms with Crippen LogP contribution in [0.2, 0.25) is 0 Å². The maximum atomic E-state index is 12.3. The maximum absolute atomic E-state index is 12.3. The summed E-state index contributed by atoms with van der Waals surface area (Å²) in [4.78, 5) is 28.2. The topological polar surface area (TPSA) is 52.7 Å². The van der Waals surface area contributed by atoms with Gasteiger partial charge in [-0.2, -0.15) is 0 Å². The van der Waals surface area contributed by atoms with Crippen molar-refractivity contribution in [2.45, 2.75) is 31.7 Å². The van der Waals surface area contributed by atoms with Gasteiger partial charge in [-0.25, -0.2) is 4.79 Å². The lowest BCUT2D eigenvalue weighted by molar-refractivity contribution is -0.131. The van der Waals surface area contributed by atoms with E-state index in [-0.39, 0.29) is 11.9 Å². The minimum Gasteiger partial charge on any atom is -0.342 e. The molecule has 19 heavy (non-hydrogen) atoms.